The molecule has 2 aromatic heterocycles. The highest BCUT2D eigenvalue weighted by atomic mass is 32.1. The van der Waals surface area contributed by atoms with Crippen LogP contribution in [0.15, 0.2) is 30.5 Å². The number of carbonyl (C=O) groups is 1. The molecule has 152 valence electrons. The van der Waals surface area contributed by atoms with Crippen LogP contribution in [0.25, 0.3) is 10.4 Å². The van der Waals surface area contributed by atoms with Crippen molar-refractivity contribution in [2.45, 2.75) is 32.9 Å². The van der Waals surface area contributed by atoms with Gasteiger partial charge in [-0.15, -0.1) is 11.3 Å². The molecule has 2 heterocycles. The summed E-state index contributed by atoms with van der Waals surface area (Å²) < 4.78 is 38.6. The molecule has 3 rings (SSSR count). The first-order chi connectivity index (χ1) is 13.7. The molecule has 0 atom stereocenters. The van der Waals surface area contributed by atoms with Crippen LogP contribution in [0.5, 0.6) is 0 Å². The summed E-state index contributed by atoms with van der Waals surface area (Å²) in [6, 6.07) is 6.25. The molecule has 0 radical (unpaired) electrons. The fraction of sp³-hybridized carbons (Fsp3) is 0.263. The highest BCUT2D eigenvalue weighted by Crippen LogP contribution is 2.34. The molecule has 0 aliphatic heterocycles. The number of thiazole rings is 1. The van der Waals surface area contributed by atoms with Gasteiger partial charge in [0.2, 0.25) is 5.95 Å². The van der Waals surface area contributed by atoms with E-state index < -0.39 is 17.8 Å². The second-order valence-electron chi connectivity index (χ2n) is 6.39. The number of alkyl halides is 3. The fourth-order valence-electron chi connectivity index (χ4n) is 2.78. The van der Waals surface area contributed by atoms with Crippen LogP contribution in [0, 0.1) is 6.92 Å². The van der Waals surface area contributed by atoms with Gasteiger partial charge in [-0.25, -0.2) is 15.0 Å². The molecule has 1 amide bonds. The third kappa shape index (κ3) is 4.89. The summed E-state index contributed by atoms with van der Waals surface area (Å²) in [5.41, 5.74) is 7.28. The highest BCUT2D eigenvalue weighted by molar-refractivity contribution is 7.17. The zero-order chi connectivity index (χ0) is 21.2. The lowest BCUT2D eigenvalue weighted by molar-refractivity contribution is -0.141. The Morgan fingerprint density at radius 2 is 2.00 bits per heavy atom. The van der Waals surface area contributed by atoms with Gasteiger partial charge < -0.3 is 11.1 Å². The number of hydrogen-bond donors (Lipinski definition) is 2. The van der Waals surface area contributed by atoms with Crippen molar-refractivity contribution in [3.63, 3.8) is 0 Å². The van der Waals surface area contributed by atoms with Gasteiger partial charge in [-0.1, -0.05) is 19.4 Å². The summed E-state index contributed by atoms with van der Waals surface area (Å²) in [5, 5.41) is 3.04. The topological polar surface area (TPSA) is 93.8 Å². The Kier molecular flexibility index (Phi) is 5.83. The van der Waals surface area contributed by atoms with E-state index >= 15 is 0 Å². The average molecular weight is 421 g/mol. The Labute approximate surface area is 169 Å². The second kappa shape index (κ2) is 8.16. The first kappa shape index (κ1) is 20.7. The van der Waals surface area contributed by atoms with Crippen LogP contribution >= 0.6 is 11.3 Å². The molecule has 0 saturated heterocycles. The maximum Gasteiger partial charge on any atom is 0.433 e. The minimum atomic E-state index is -4.56. The third-order valence-corrected chi connectivity index (χ3v) is 5.10. The van der Waals surface area contributed by atoms with E-state index in [1.807, 2.05) is 19.9 Å². The second-order valence-corrected chi connectivity index (χ2v) is 7.38. The number of nitrogens with one attached hydrogen (secondary N) is 1. The zero-order valence-corrected chi connectivity index (χ0v) is 16.5. The first-order valence-electron chi connectivity index (χ1n) is 8.76. The SMILES string of the molecule is CCCc1nc(C(N)=O)sc1-c1cc(C)cc(Nc2nccc(C(F)(F)F)n2)c1. The van der Waals surface area contributed by atoms with Gasteiger partial charge in [0.1, 0.15) is 5.69 Å². The highest BCUT2D eigenvalue weighted by Gasteiger charge is 2.32. The number of amides is 1. The molecule has 0 spiro atoms. The minimum absolute atomic E-state index is 0.160. The first-order valence-corrected chi connectivity index (χ1v) is 9.58. The van der Waals surface area contributed by atoms with Gasteiger partial charge in [0.25, 0.3) is 5.91 Å². The Bertz CT molecular complexity index is 1050. The number of hydrogen-bond acceptors (Lipinski definition) is 6. The number of aromatic nitrogens is 3. The van der Waals surface area contributed by atoms with Crippen molar-refractivity contribution in [2.75, 3.05) is 5.32 Å². The molecular weight excluding hydrogens is 403 g/mol. The zero-order valence-electron chi connectivity index (χ0n) is 15.7. The number of nitrogens with zero attached hydrogens (tertiary/aromatic N) is 3. The van der Waals surface area contributed by atoms with Gasteiger partial charge in [0, 0.05) is 11.9 Å². The number of primary amides is 1. The Balaban J connectivity index is 1.99. The summed E-state index contributed by atoms with van der Waals surface area (Å²) in [5.74, 6) is -0.755. The Morgan fingerprint density at radius 3 is 2.66 bits per heavy atom. The molecule has 0 saturated carbocycles. The van der Waals surface area contributed by atoms with Gasteiger partial charge in [-0.05, 0) is 42.7 Å². The molecule has 0 fully saturated rings. The van der Waals surface area contributed by atoms with Crippen LogP contribution in [0.2, 0.25) is 0 Å². The summed E-state index contributed by atoms with van der Waals surface area (Å²) >= 11 is 1.20. The van der Waals surface area contributed by atoms with Crippen molar-refractivity contribution < 1.29 is 18.0 Å². The van der Waals surface area contributed by atoms with E-state index in [1.165, 1.54) is 11.3 Å². The minimum Gasteiger partial charge on any atom is -0.364 e. The van der Waals surface area contributed by atoms with E-state index in [-0.39, 0.29) is 11.0 Å². The van der Waals surface area contributed by atoms with Crippen LogP contribution in [-0.4, -0.2) is 20.9 Å². The number of rotatable bonds is 6. The van der Waals surface area contributed by atoms with Gasteiger partial charge in [-0.2, -0.15) is 13.2 Å². The molecule has 0 bridgehead atoms. The van der Waals surface area contributed by atoms with Gasteiger partial charge in [0.15, 0.2) is 5.01 Å². The lowest BCUT2D eigenvalue weighted by Gasteiger charge is -2.11. The fourth-order valence-corrected chi connectivity index (χ4v) is 3.73. The lowest BCUT2D eigenvalue weighted by Crippen LogP contribution is -2.10. The molecule has 3 N–H and O–H groups in total. The van der Waals surface area contributed by atoms with E-state index in [0.717, 1.165) is 40.4 Å². The number of anilines is 2. The van der Waals surface area contributed by atoms with Crippen LogP contribution in [0.1, 0.15) is 40.1 Å². The molecule has 6 nitrogen and oxygen atoms in total. The predicted molar refractivity (Wildman–Crippen MR) is 105 cm³/mol. The molecule has 29 heavy (non-hydrogen) atoms. The summed E-state index contributed by atoms with van der Waals surface area (Å²) in [6.45, 7) is 3.86. The van der Waals surface area contributed by atoms with Gasteiger partial charge in [-0.3, -0.25) is 4.79 Å². The monoisotopic (exact) mass is 421 g/mol. The average Bonchev–Trinajstić information content (AvgIpc) is 3.05. The Hall–Kier alpha value is -3.01. The Morgan fingerprint density at radius 1 is 1.24 bits per heavy atom. The number of halogens is 3. The van der Waals surface area contributed by atoms with Crippen LogP contribution in [-0.2, 0) is 12.6 Å². The maximum absolute atomic E-state index is 12.9. The molecule has 0 aliphatic rings. The predicted octanol–water partition coefficient (Wildman–Crippen LogP) is 4.72. The van der Waals surface area contributed by atoms with Crippen molar-refractivity contribution in [1.82, 2.24) is 15.0 Å². The van der Waals surface area contributed by atoms with Crippen molar-refractivity contribution in [3.05, 3.63) is 52.4 Å². The van der Waals surface area contributed by atoms with E-state index in [2.05, 4.69) is 20.3 Å². The van der Waals surface area contributed by atoms with Crippen molar-refractivity contribution in [1.29, 1.82) is 0 Å². The summed E-state index contributed by atoms with van der Waals surface area (Å²) in [4.78, 5) is 24.1. The van der Waals surface area contributed by atoms with Gasteiger partial charge >= 0.3 is 6.18 Å². The summed E-state index contributed by atoms with van der Waals surface area (Å²) in [6.07, 6.45) is -1.99. The van der Waals surface area contributed by atoms with Crippen LogP contribution in [0.4, 0.5) is 24.8 Å². The molecule has 0 unspecified atom stereocenters. The van der Waals surface area contributed by atoms with Crippen LogP contribution < -0.4 is 11.1 Å². The number of nitrogens with two attached hydrogens (primary N) is 1. The molecule has 1 aromatic carbocycles. The summed E-state index contributed by atoms with van der Waals surface area (Å²) in [7, 11) is 0. The molecule has 10 heteroatoms. The van der Waals surface area contributed by atoms with E-state index in [1.54, 1.807) is 12.1 Å². The third-order valence-electron chi connectivity index (χ3n) is 3.94. The quantitative estimate of drug-likeness (QED) is 0.601. The molecule has 0 aliphatic carbocycles. The standard InChI is InChI=1S/C19H18F3N5OS/c1-3-4-13-15(29-17(26-13)16(23)28)11-7-10(2)8-12(9-11)25-18-24-6-5-14(27-18)19(20,21)22/h5-9H,3-4H2,1-2H3,(H2,23,28)(H,24,25,27). The normalized spacial score (nSPS) is 11.5. The molecule has 3 aromatic rings. The maximum atomic E-state index is 12.9. The van der Waals surface area contributed by atoms with E-state index in [4.69, 9.17) is 5.73 Å². The van der Waals surface area contributed by atoms with Crippen molar-refractivity contribution >= 4 is 28.9 Å². The van der Waals surface area contributed by atoms with Crippen molar-refractivity contribution in [2.24, 2.45) is 5.73 Å². The number of benzene rings is 1. The smallest absolute Gasteiger partial charge is 0.364 e. The number of aryl methyl sites for hydroxylation is 2. The number of carbonyl (C=O) groups excluding carboxylic acids is 1. The van der Waals surface area contributed by atoms with E-state index in [0.29, 0.717) is 12.1 Å². The van der Waals surface area contributed by atoms with Gasteiger partial charge in [0.05, 0.1) is 10.6 Å². The van der Waals surface area contributed by atoms with E-state index in [9.17, 15) is 18.0 Å². The largest absolute Gasteiger partial charge is 0.433 e. The van der Waals surface area contributed by atoms with Crippen LogP contribution in [0.3, 0.4) is 0 Å². The van der Waals surface area contributed by atoms with Crippen molar-refractivity contribution in [3.8, 4) is 10.4 Å². The lowest BCUT2D eigenvalue weighted by atomic mass is 10.1. The molecular formula is C19H18F3N5OS.